The number of aromatic nitrogens is 1. The highest BCUT2D eigenvalue weighted by molar-refractivity contribution is 5.78. The lowest BCUT2D eigenvalue weighted by Gasteiger charge is -2.23. The first-order valence-corrected chi connectivity index (χ1v) is 9.38. The van der Waals surface area contributed by atoms with Gasteiger partial charge in [-0.1, -0.05) is 24.3 Å². The Kier molecular flexibility index (Phi) is 5.16. The first-order valence-electron chi connectivity index (χ1n) is 9.38. The molecule has 1 atom stereocenters. The van der Waals surface area contributed by atoms with Crippen LogP contribution in [-0.2, 0) is 17.8 Å². The number of amides is 1. The molecule has 0 spiro atoms. The number of carbonyl (C=O) groups is 1. The summed E-state index contributed by atoms with van der Waals surface area (Å²) < 4.78 is 5.80. The Morgan fingerprint density at radius 2 is 2.04 bits per heavy atom. The van der Waals surface area contributed by atoms with E-state index in [0.29, 0.717) is 19.1 Å². The van der Waals surface area contributed by atoms with Crippen molar-refractivity contribution in [1.29, 1.82) is 0 Å². The van der Waals surface area contributed by atoms with Crippen LogP contribution in [-0.4, -0.2) is 53.5 Å². The summed E-state index contributed by atoms with van der Waals surface area (Å²) in [5.74, 6) is 1.69. The van der Waals surface area contributed by atoms with Crippen LogP contribution in [0.15, 0.2) is 48.7 Å². The molecule has 2 aromatic rings. The maximum Gasteiger partial charge on any atom is 0.236 e. The van der Waals surface area contributed by atoms with Crippen molar-refractivity contribution >= 4 is 5.91 Å². The number of hydrogen-bond donors (Lipinski definition) is 0. The van der Waals surface area contributed by atoms with Gasteiger partial charge in [0.05, 0.1) is 6.54 Å². The Balaban J connectivity index is 1.31. The number of likely N-dealkylation sites (tertiary alicyclic amines) is 1. The van der Waals surface area contributed by atoms with E-state index >= 15 is 0 Å². The van der Waals surface area contributed by atoms with Crippen LogP contribution in [0.5, 0.6) is 5.75 Å². The van der Waals surface area contributed by atoms with Gasteiger partial charge in [0.25, 0.3) is 0 Å². The summed E-state index contributed by atoms with van der Waals surface area (Å²) in [4.78, 5) is 21.4. The number of benzene rings is 1. The van der Waals surface area contributed by atoms with E-state index in [1.54, 1.807) is 0 Å². The number of nitrogens with zero attached hydrogens (tertiary/aromatic N) is 3. The number of rotatable bonds is 4. The molecule has 5 nitrogen and oxygen atoms in total. The number of pyridine rings is 1. The molecule has 2 aliphatic rings. The van der Waals surface area contributed by atoms with Crippen LogP contribution in [0.3, 0.4) is 0 Å². The highest BCUT2D eigenvalue weighted by Crippen LogP contribution is 2.23. The van der Waals surface area contributed by atoms with E-state index < -0.39 is 0 Å². The van der Waals surface area contributed by atoms with E-state index in [2.05, 4.69) is 22.0 Å². The second-order valence-electron chi connectivity index (χ2n) is 7.19. The quantitative estimate of drug-likeness (QED) is 0.848. The summed E-state index contributed by atoms with van der Waals surface area (Å²) in [5, 5.41) is 0. The van der Waals surface area contributed by atoms with Crippen LogP contribution in [0.25, 0.3) is 0 Å². The van der Waals surface area contributed by atoms with Gasteiger partial charge in [-0.15, -0.1) is 0 Å². The van der Waals surface area contributed by atoms with Crippen molar-refractivity contribution in [2.24, 2.45) is 5.92 Å². The number of fused-ring (bicyclic) bond motifs is 1. The zero-order valence-electron chi connectivity index (χ0n) is 15.0. The Morgan fingerprint density at radius 1 is 1.15 bits per heavy atom. The third-order valence-electron chi connectivity index (χ3n) is 5.25. The fraction of sp³-hybridized carbons (Fsp3) is 0.429. The number of para-hydroxylation sites is 1. The average Bonchev–Trinajstić information content (AvgIpc) is 3.03. The summed E-state index contributed by atoms with van der Waals surface area (Å²) >= 11 is 0. The van der Waals surface area contributed by atoms with Gasteiger partial charge in [-0.2, -0.15) is 0 Å². The summed E-state index contributed by atoms with van der Waals surface area (Å²) in [6.07, 6.45) is 3.86. The van der Waals surface area contributed by atoms with Crippen molar-refractivity contribution in [3.8, 4) is 5.75 Å². The second-order valence-corrected chi connectivity index (χ2v) is 7.19. The molecule has 26 heavy (non-hydrogen) atoms. The molecule has 5 heteroatoms. The fourth-order valence-electron chi connectivity index (χ4n) is 3.85. The molecular formula is C21H25N3O2. The van der Waals surface area contributed by atoms with Crippen LogP contribution in [0.4, 0.5) is 0 Å². The van der Waals surface area contributed by atoms with Crippen molar-refractivity contribution < 1.29 is 9.53 Å². The van der Waals surface area contributed by atoms with Gasteiger partial charge < -0.3 is 9.64 Å². The van der Waals surface area contributed by atoms with Crippen molar-refractivity contribution in [2.75, 3.05) is 32.8 Å². The van der Waals surface area contributed by atoms with Gasteiger partial charge in [-0.05, 0) is 37.0 Å². The van der Waals surface area contributed by atoms with Crippen LogP contribution >= 0.6 is 0 Å². The first-order chi connectivity index (χ1) is 12.8. The summed E-state index contributed by atoms with van der Waals surface area (Å²) in [7, 11) is 0. The zero-order valence-corrected chi connectivity index (χ0v) is 15.0. The van der Waals surface area contributed by atoms with E-state index in [9.17, 15) is 4.79 Å². The van der Waals surface area contributed by atoms with Crippen molar-refractivity contribution in [1.82, 2.24) is 14.8 Å². The van der Waals surface area contributed by atoms with Crippen LogP contribution in [0.1, 0.15) is 17.7 Å². The summed E-state index contributed by atoms with van der Waals surface area (Å²) in [5.41, 5.74) is 2.28. The fourth-order valence-corrected chi connectivity index (χ4v) is 3.85. The van der Waals surface area contributed by atoms with Gasteiger partial charge in [-0.3, -0.25) is 14.7 Å². The average molecular weight is 351 g/mol. The topological polar surface area (TPSA) is 45.7 Å². The zero-order chi connectivity index (χ0) is 17.8. The van der Waals surface area contributed by atoms with Crippen LogP contribution in [0, 0.1) is 5.92 Å². The molecule has 0 saturated carbocycles. The van der Waals surface area contributed by atoms with E-state index in [4.69, 9.17) is 4.74 Å². The van der Waals surface area contributed by atoms with Crippen LogP contribution < -0.4 is 4.74 Å². The normalized spacial score (nSPS) is 20.3. The molecule has 0 radical (unpaired) electrons. The molecule has 2 aliphatic heterocycles. The minimum atomic E-state index is 0.230. The third kappa shape index (κ3) is 4.05. The second kappa shape index (κ2) is 7.87. The number of carbonyl (C=O) groups excluding carboxylic acids is 1. The highest BCUT2D eigenvalue weighted by Gasteiger charge is 2.28. The van der Waals surface area contributed by atoms with E-state index in [1.807, 2.05) is 41.4 Å². The Bertz CT molecular complexity index is 750. The molecule has 1 saturated heterocycles. The lowest BCUT2D eigenvalue weighted by molar-refractivity contribution is -0.131. The first kappa shape index (κ1) is 17.0. The minimum absolute atomic E-state index is 0.230. The summed E-state index contributed by atoms with van der Waals surface area (Å²) in [6, 6.07) is 14.1. The standard InChI is InChI=1S/C21H25N3O2/c25-21(16-23-11-12-26-20-7-2-1-5-18(20)15-23)24-10-8-17(14-24)13-19-6-3-4-9-22-19/h1-7,9,17H,8,10-16H2. The predicted molar refractivity (Wildman–Crippen MR) is 99.8 cm³/mol. The molecule has 0 aliphatic carbocycles. The molecular weight excluding hydrogens is 326 g/mol. The van der Waals surface area contributed by atoms with Crippen molar-refractivity contribution in [2.45, 2.75) is 19.4 Å². The molecule has 3 heterocycles. The third-order valence-corrected chi connectivity index (χ3v) is 5.25. The molecule has 1 fully saturated rings. The maximum atomic E-state index is 12.8. The van der Waals surface area contributed by atoms with Gasteiger partial charge in [0.15, 0.2) is 0 Å². The van der Waals surface area contributed by atoms with Gasteiger partial charge in [0.1, 0.15) is 12.4 Å². The Hall–Kier alpha value is -2.40. The number of ether oxygens (including phenoxy) is 1. The molecule has 136 valence electrons. The molecule has 1 unspecified atom stereocenters. The summed E-state index contributed by atoms with van der Waals surface area (Å²) in [6.45, 7) is 4.35. The lowest BCUT2D eigenvalue weighted by atomic mass is 10.0. The largest absolute Gasteiger partial charge is 0.492 e. The SMILES string of the molecule is O=C(CN1CCOc2ccccc2C1)N1CCC(Cc2ccccn2)C1. The number of hydrogen-bond acceptors (Lipinski definition) is 4. The van der Waals surface area contributed by atoms with Gasteiger partial charge in [0, 0.05) is 43.6 Å². The van der Waals surface area contributed by atoms with Crippen LogP contribution in [0.2, 0.25) is 0 Å². The van der Waals surface area contributed by atoms with E-state index in [1.165, 1.54) is 0 Å². The predicted octanol–water partition coefficient (Wildman–Crippen LogP) is 2.37. The Labute approximate surface area is 154 Å². The highest BCUT2D eigenvalue weighted by atomic mass is 16.5. The minimum Gasteiger partial charge on any atom is -0.492 e. The van der Waals surface area contributed by atoms with E-state index in [-0.39, 0.29) is 5.91 Å². The Morgan fingerprint density at radius 3 is 2.92 bits per heavy atom. The van der Waals surface area contributed by atoms with Crippen molar-refractivity contribution in [3.05, 3.63) is 59.9 Å². The lowest BCUT2D eigenvalue weighted by Crippen LogP contribution is -2.40. The molecule has 1 aromatic carbocycles. The van der Waals surface area contributed by atoms with E-state index in [0.717, 1.165) is 56.0 Å². The van der Waals surface area contributed by atoms with Gasteiger partial charge in [0.2, 0.25) is 5.91 Å². The smallest absolute Gasteiger partial charge is 0.236 e. The van der Waals surface area contributed by atoms with Crippen molar-refractivity contribution in [3.63, 3.8) is 0 Å². The maximum absolute atomic E-state index is 12.8. The van der Waals surface area contributed by atoms with Gasteiger partial charge >= 0.3 is 0 Å². The van der Waals surface area contributed by atoms with Gasteiger partial charge in [-0.25, -0.2) is 0 Å². The molecule has 1 amide bonds. The monoisotopic (exact) mass is 351 g/mol. The molecule has 4 rings (SSSR count). The molecule has 0 N–H and O–H groups in total. The molecule has 1 aromatic heterocycles. The molecule has 0 bridgehead atoms.